The molecule has 0 saturated heterocycles. The number of carbonyl (C=O) groups excluding carboxylic acids is 4. The summed E-state index contributed by atoms with van der Waals surface area (Å²) in [6.45, 7) is 6.97. The second-order valence-electron chi connectivity index (χ2n) is 34.8. The van der Waals surface area contributed by atoms with Crippen molar-refractivity contribution >= 4 is 192 Å². The average Bonchev–Trinajstić information content (AvgIpc) is 1.61. The Labute approximate surface area is 849 Å². The summed E-state index contributed by atoms with van der Waals surface area (Å²) >= 11 is 44.7. The average molecular weight is 2120 g/mol. The van der Waals surface area contributed by atoms with E-state index in [1.165, 1.54) is 63.9 Å². The first kappa shape index (κ1) is 97.1. The topological polar surface area (TPSA) is 288 Å². The number of aromatic nitrogens is 5. The second-order valence-corrected chi connectivity index (χ2v) is 39.2. The highest BCUT2D eigenvalue weighted by molar-refractivity contribution is 9.10. The SMILES string of the molecule is CCOC(=O)N1CCc2c([nH]c3ccc(Cl)cc23)C1c1ccc(Cl)cc1Cl.CCOC(=O)N1CCc2c([nH]c3ccc(Cl)cc23)C1c1cccc([N+](=O)[O-])c1.COc1ccc(C2c3[nH]c4ccc(Cl)cc4c3CCN2C(=O)Nc2ccccc2OC)cc1.O=C(NC1CCCCC1)N1CCc2c([nH]c3ccc(Br)cc23)C1c1cccc(Cl)c1.ON1CCc2c([nH]c3ccc(Br)cc23)C1c1ccccc1. The molecular weight excluding hydrogens is 2020 g/mol. The van der Waals surface area contributed by atoms with Crippen molar-refractivity contribution < 1.29 is 48.3 Å². The molecule has 10 heterocycles. The number of nitro groups is 1. The maximum atomic E-state index is 13.5. The van der Waals surface area contributed by atoms with Crippen LogP contribution in [0.1, 0.15) is 160 Å². The van der Waals surface area contributed by atoms with Crippen molar-refractivity contribution in [3.63, 3.8) is 0 Å². The number of benzene rings is 11. The lowest BCUT2D eigenvalue weighted by atomic mass is 9.92. The number of nitro benzene ring substituents is 1. The molecule has 5 atom stereocenters. The summed E-state index contributed by atoms with van der Waals surface area (Å²) in [5.74, 6) is 1.38. The highest BCUT2D eigenvalue weighted by atomic mass is 79.9. The molecular formula is C107H99Br2Cl6N13O11. The van der Waals surface area contributed by atoms with Gasteiger partial charge in [0.05, 0.1) is 50.1 Å². The van der Waals surface area contributed by atoms with E-state index in [4.69, 9.17) is 88.6 Å². The molecule has 0 radical (unpaired) electrons. The molecule has 22 rings (SSSR count). The number of H-pyrrole nitrogens is 5. The van der Waals surface area contributed by atoms with Crippen LogP contribution in [-0.2, 0) is 41.6 Å². The monoisotopic (exact) mass is 2110 g/mol. The summed E-state index contributed by atoms with van der Waals surface area (Å²) in [5, 5.41) is 38.8. The number of halogens is 8. The Morgan fingerprint density at radius 3 is 1.33 bits per heavy atom. The molecule has 139 heavy (non-hydrogen) atoms. The van der Waals surface area contributed by atoms with Gasteiger partial charge >= 0.3 is 24.2 Å². The Morgan fingerprint density at radius 1 is 0.417 bits per heavy atom. The molecule has 714 valence electrons. The van der Waals surface area contributed by atoms with Gasteiger partial charge in [0.15, 0.2) is 0 Å². The zero-order valence-electron chi connectivity index (χ0n) is 76.2. The first-order valence-electron chi connectivity index (χ1n) is 46.1. The molecule has 8 N–H and O–H groups in total. The third kappa shape index (κ3) is 20.6. The number of para-hydroxylation sites is 2. The quantitative estimate of drug-likeness (QED) is 0.0419. The number of aromatic amines is 5. The predicted molar refractivity (Wildman–Crippen MR) is 557 cm³/mol. The van der Waals surface area contributed by atoms with Crippen molar-refractivity contribution in [2.24, 2.45) is 0 Å². The van der Waals surface area contributed by atoms with Crippen LogP contribution in [-0.4, -0.2) is 150 Å². The van der Waals surface area contributed by atoms with Crippen LogP contribution in [0.4, 0.5) is 30.6 Å². The molecule has 5 aromatic heterocycles. The van der Waals surface area contributed by atoms with E-state index in [0.29, 0.717) is 99.3 Å². The number of nitrogens with one attached hydrogen (secondary N) is 7. The van der Waals surface area contributed by atoms with Crippen LogP contribution in [0.2, 0.25) is 30.1 Å². The molecule has 32 heteroatoms. The first-order valence-corrected chi connectivity index (χ1v) is 50.0. The summed E-state index contributed by atoms with van der Waals surface area (Å²) in [5.41, 5.74) is 21.3. The van der Waals surface area contributed by atoms with Crippen LogP contribution in [0.3, 0.4) is 0 Å². The molecule has 6 amide bonds. The number of urea groups is 2. The minimum absolute atomic E-state index is 0.0208. The van der Waals surface area contributed by atoms with E-state index in [1.807, 2.05) is 161 Å². The number of hydrogen-bond acceptors (Lipinski definition) is 12. The number of anilines is 1. The van der Waals surface area contributed by atoms with Crippen LogP contribution in [0.25, 0.3) is 54.5 Å². The molecule has 0 spiro atoms. The summed E-state index contributed by atoms with van der Waals surface area (Å²) in [4.78, 5) is 87.6. The normalized spacial score (nSPS) is 17.1. The summed E-state index contributed by atoms with van der Waals surface area (Å²) in [7, 11) is 3.23. The number of rotatable bonds is 12. The fourth-order valence-corrected chi connectivity index (χ4v) is 22.3. The largest absolute Gasteiger partial charge is 0.497 e. The Kier molecular flexibility index (Phi) is 29.9. The van der Waals surface area contributed by atoms with Gasteiger partial charge < -0.3 is 69.5 Å². The molecule has 1 saturated carbocycles. The van der Waals surface area contributed by atoms with Gasteiger partial charge in [-0.15, -0.1) is 0 Å². The minimum Gasteiger partial charge on any atom is -0.497 e. The number of carbonyl (C=O) groups is 4. The Morgan fingerprint density at radius 2 is 0.827 bits per heavy atom. The van der Waals surface area contributed by atoms with Crippen LogP contribution >= 0.6 is 101 Å². The maximum Gasteiger partial charge on any atom is 0.410 e. The smallest absolute Gasteiger partial charge is 0.410 e. The number of hydrogen-bond donors (Lipinski definition) is 8. The summed E-state index contributed by atoms with van der Waals surface area (Å²) < 4.78 is 23.4. The fraction of sp³-hybridized carbons (Fsp3) is 0.252. The van der Waals surface area contributed by atoms with E-state index in [9.17, 15) is 34.5 Å². The zero-order valence-corrected chi connectivity index (χ0v) is 83.9. The number of methoxy groups -OCH3 is 2. The van der Waals surface area contributed by atoms with Gasteiger partial charge in [-0.05, 0) is 254 Å². The van der Waals surface area contributed by atoms with Gasteiger partial charge in [-0.2, -0.15) is 5.06 Å². The molecule has 11 aromatic carbocycles. The first-order chi connectivity index (χ1) is 67.4. The van der Waals surface area contributed by atoms with Crippen molar-refractivity contribution in [3.8, 4) is 11.5 Å². The molecule has 1 aliphatic carbocycles. The van der Waals surface area contributed by atoms with Gasteiger partial charge in [0.2, 0.25) is 0 Å². The van der Waals surface area contributed by atoms with E-state index in [2.05, 4.69) is 110 Å². The minimum atomic E-state index is -0.506. The fourth-order valence-electron chi connectivity index (χ4n) is 20.3. The Balaban J connectivity index is 0.000000116. The lowest BCUT2D eigenvalue weighted by Gasteiger charge is -2.37. The lowest BCUT2D eigenvalue weighted by Crippen LogP contribution is -2.49. The van der Waals surface area contributed by atoms with E-state index in [0.717, 1.165) is 152 Å². The number of ether oxygens (including phenoxy) is 4. The number of nitrogens with zero attached hydrogens (tertiary/aromatic N) is 6. The third-order valence-corrected chi connectivity index (χ3v) is 29.1. The van der Waals surface area contributed by atoms with Crippen molar-refractivity contribution in [2.75, 3.05) is 65.5 Å². The van der Waals surface area contributed by atoms with E-state index < -0.39 is 17.1 Å². The number of non-ortho nitro benzene ring substituents is 1. The molecule has 16 aromatic rings. The molecule has 5 unspecified atom stereocenters. The van der Waals surface area contributed by atoms with Gasteiger partial charge in [0.25, 0.3) is 5.69 Å². The molecule has 0 bridgehead atoms. The van der Waals surface area contributed by atoms with E-state index >= 15 is 0 Å². The number of amides is 6. The zero-order chi connectivity index (χ0) is 97.0. The third-order valence-electron chi connectivity index (χ3n) is 26.6. The molecule has 24 nitrogen and oxygen atoms in total. The number of fused-ring (bicyclic) bond motifs is 15. The van der Waals surface area contributed by atoms with Crippen LogP contribution in [0.15, 0.2) is 246 Å². The highest BCUT2D eigenvalue weighted by Crippen LogP contribution is 2.48. The standard InChI is InChI=1S/C26H24ClN3O3.C24H25BrClN3O.C20H17Cl3N2O2.C20H18ClN3O4.C17H15BrN2O/c1-32-18-10-7-16(8-11-18)25-24-19(20-15-17(27)9-12-21(20)28-24)13-14-30(25)26(31)29-22-5-3-4-6-23(22)33-2;25-16-9-10-21-20(14-16)19-11-12-29(24(30)27-18-7-2-1-3-8-18)23(22(19)28-21)15-5-4-6-17(26)13-15;1-2-27-20(26)25-8-7-13-15-9-11(21)4-6-17(15)24-18(13)19(25)14-5-3-12(22)10-16(14)23;1-2-28-20(25)23-9-8-15-16-11-13(21)6-7-17(16)22-18(15)19(23)12-4-3-5-14(10-12)24(26)27;18-12-6-7-15-14(10-12)13-8-9-20(21)17(16(13)19-15)11-4-2-1-3-5-11/h3-12,15,25,28H,13-14H2,1-2H3,(H,29,31);4-6,9-10,13-14,18,23,28H,1-3,7-8,11-12H2,(H,27,30);3-6,9-10,19,24H,2,7-8H2,1H3;3-7,10-11,19,22H,2,8-9H2,1H3;1-7,10,17,19,21H,8-9H2. The molecule has 6 aliphatic rings. The Bertz CT molecular complexity index is 7290. The number of hydroxylamine groups is 2. The van der Waals surface area contributed by atoms with Crippen LogP contribution < -0.4 is 20.1 Å². The van der Waals surface area contributed by atoms with Gasteiger partial charge in [-0.3, -0.25) is 19.9 Å². The van der Waals surface area contributed by atoms with Crippen molar-refractivity contribution in [1.29, 1.82) is 0 Å². The molecule has 5 aliphatic heterocycles. The van der Waals surface area contributed by atoms with Crippen LogP contribution in [0.5, 0.6) is 11.5 Å². The van der Waals surface area contributed by atoms with Crippen molar-refractivity contribution in [1.82, 2.24) is 54.9 Å². The van der Waals surface area contributed by atoms with E-state index in [1.54, 1.807) is 68.2 Å². The maximum absolute atomic E-state index is 13.5. The van der Waals surface area contributed by atoms with Crippen molar-refractivity contribution in [2.45, 2.75) is 114 Å². The lowest BCUT2D eigenvalue weighted by molar-refractivity contribution is -0.384. The Hall–Kier alpha value is -12.2. The molecule has 1 fully saturated rings. The summed E-state index contributed by atoms with van der Waals surface area (Å²) in [6, 6.07) is 73.4. The predicted octanol–water partition coefficient (Wildman–Crippen LogP) is 27.9. The van der Waals surface area contributed by atoms with Gasteiger partial charge in [0.1, 0.15) is 29.6 Å². The van der Waals surface area contributed by atoms with Crippen molar-refractivity contribution in [3.05, 3.63) is 370 Å². The summed E-state index contributed by atoms with van der Waals surface area (Å²) in [6.07, 6.45) is 8.77. The van der Waals surface area contributed by atoms with Gasteiger partial charge in [-0.1, -0.05) is 206 Å². The second kappa shape index (κ2) is 42.9. The van der Waals surface area contributed by atoms with Crippen LogP contribution in [0, 0.1) is 10.1 Å². The van der Waals surface area contributed by atoms with E-state index in [-0.39, 0.29) is 60.7 Å². The van der Waals surface area contributed by atoms with Gasteiger partial charge in [-0.25, -0.2) is 19.2 Å². The van der Waals surface area contributed by atoms with Gasteiger partial charge in [0, 0.05) is 173 Å². The highest BCUT2D eigenvalue weighted by Gasteiger charge is 2.42.